The van der Waals surface area contributed by atoms with Crippen LogP contribution >= 0.6 is 0 Å². The van der Waals surface area contributed by atoms with Gasteiger partial charge in [0.05, 0.1) is 19.3 Å². The van der Waals surface area contributed by atoms with E-state index < -0.39 is 0 Å². The number of hydrogen-bond donors (Lipinski definition) is 2. The highest BCUT2D eigenvalue weighted by Crippen LogP contribution is 2.28. The van der Waals surface area contributed by atoms with Gasteiger partial charge in [-0.3, -0.25) is 0 Å². The Morgan fingerprint density at radius 1 is 1.53 bits per heavy atom. The SMILES string of the molecule is Cc1c(N)cccc1N1CC(CO)OCC1C. The van der Waals surface area contributed by atoms with E-state index in [1.807, 2.05) is 19.1 Å². The topological polar surface area (TPSA) is 58.7 Å². The molecule has 2 unspecified atom stereocenters. The number of morpholine rings is 1. The van der Waals surface area contributed by atoms with Gasteiger partial charge in [0.25, 0.3) is 0 Å². The normalized spacial score (nSPS) is 25.0. The van der Waals surface area contributed by atoms with E-state index in [1.54, 1.807) is 0 Å². The third-order valence-corrected chi connectivity index (χ3v) is 3.37. The maximum Gasteiger partial charge on any atom is 0.0981 e. The fourth-order valence-electron chi connectivity index (χ4n) is 2.22. The number of aliphatic hydroxyl groups excluding tert-OH is 1. The zero-order valence-electron chi connectivity index (χ0n) is 10.4. The smallest absolute Gasteiger partial charge is 0.0981 e. The van der Waals surface area contributed by atoms with Crippen molar-refractivity contribution < 1.29 is 9.84 Å². The van der Waals surface area contributed by atoms with E-state index in [1.165, 1.54) is 0 Å². The van der Waals surface area contributed by atoms with Gasteiger partial charge in [0.2, 0.25) is 0 Å². The fourth-order valence-corrected chi connectivity index (χ4v) is 2.22. The summed E-state index contributed by atoms with van der Waals surface area (Å²) >= 11 is 0. The summed E-state index contributed by atoms with van der Waals surface area (Å²) in [5.41, 5.74) is 8.97. The van der Waals surface area contributed by atoms with Crippen LogP contribution in [0, 0.1) is 6.92 Å². The van der Waals surface area contributed by atoms with Crippen molar-refractivity contribution in [2.45, 2.75) is 26.0 Å². The van der Waals surface area contributed by atoms with Crippen LogP contribution in [0.4, 0.5) is 11.4 Å². The second-order valence-corrected chi connectivity index (χ2v) is 4.63. The average Bonchev–Trinajstić information content (AvgIpc) is 2.34. The molecule has 4 nitrogen and oxygen atoms in total. The van der Waals surface area contributed by atoms with Crippen molar-refractivity contribution in [1.82, 2.24) is 0 Å². The van der Waals surface area contributed by atoms with Gasteiger partial charge in [-0.05, 0) is 31.5 Å². The first-order valence-electron chi connectivity index (χ1n) is 5.97. The Kier molecular flexibility index (Phi) is 3.54. The van der Waals surface area contributed by atoms with Crippen molar-refractivity contribution in [1.29, 1.82) is 0 Å². The third-order valence-electron chi connectivity index (χ3n) is 3.37. The molecule has 0 amide bonds. The lowest BCUT2D eigenvalue weighted by Gasteiger charge is -2.40. The molecule has 3 N–H and O–H groups in total. The summed E-state index contributed by atoms with van der Waals surface area (Å²) in [6, 6.07) is 6.25. The van der Waals surface area contributed by atoms with Crippen LogP contribution in [-0.4, -0.2) is 37.0 Å². The highest BCUT2D eigenvalue weighted by Gasteiger charge is 2.26. The molecule has 1 saturated heterocycles. The number of rotatable bonds is 2. The Morgan fingerprint density at radius 2 is 2.29 bits per heavy atom. The number of nitrogens with two attached hydrogens (primary N) is 1. The molecule has 0 bridgehead atoms. The van der Waals surface area contributed by atoms with Gasteiger partial charge in [0, 0.05) is 24.0 Å². The van der Waals surface area contributed by atoms with Crippen LogP contribution in [0.15, 0.2) is 18.2 Å². The minimum absolute atomic E-state index is 0.0601. The molecule has 2 atom stereocenters. The second-order valence-electron chi connectivity index (χ2n) is 4.63. The molecule has 17 heavy (non-hydrogen) atoms. The van der Waals surface area contributed by atoms with Crippen LogP contribution in [0.2, 0.25) is 0 Å². The molecular weight excluding hydrogens is 216 g/mol. The monoisotopic (exact) mass is 236 g/mol. The summed E-state index contributed by atoms with van der Waals surface area (Å²) in [4.78, 5) is 2.26. The van der Waals surface area contributed by atoms with Crippen molar-refractivity contribution in [3.8, 4) is 0 Å². The highest BCUT2D eigenvalue weighted by molar-refractivity contribution is 5.64. The maximum atomic E-state index is 9.19. The summed E-state index contributed by atoms with van der Waals surface area (Å²) in [6.45, 7) is 5.56. The molecule has 0 spiro atoms. The molecule has 0 aromatic heterocycles. The van der Waals surface area contributed by atoms with Crippen LogP contribution in [0.3, 0.4) is 0 Å². The van der Waals surface area contributed by atoms with Crippen LogP contribution in [-0.2, 0) is 4.74 Å². The van der Waals surface area contributed by atoms with E-state index in [0.717, 1.165) is 16.9 Å². The number of hydrogen-bond acceptors (Lipinski definition) is 4. The lowest BCUT2D eigenvalue weighted by molar-refractivity contribution is -0.0103. The zero-order chi connectivity index (χ0) is 12.4. The number of nitrogen functional groups attached to an aromatic ring is 1. The molecular formula is C13H20N2O2. The summed E-state index contributed by atoms with van der Waals surface area (Å²) in [7, 11) is 0. The van der Waals surface area contributed by atoms with Crippen LogP contribution in [0.5, 0.6) is 0 Å². The first-order chi connectivity index (χ1) is 8.13. The van der Waals surface area contributed by atoms with E-state index >= 15 is 0 Å². The Morgan fingerprint density at radius 3 is 3.00 bits per heavy atom. The van der Waals surface area contributed by atoms with Crippen molar-refractivity contribution in [2.24, 2.45) is 0 Å². The van der Waals surface area contributed by atoms with Crippen LogP contribution in [0.1, 0.15) is 12.5 Å². The zero-order valence-corrected chi connectivity index (χ0v) is 10.4. The fraction of sp³-hybridized carbons (Fsp3) is 0.538. The number of nitrogens with zero attached hydrogens (tertiary/aromatic N) is 1. The molecule has 0 radical (unpaired) electrons. The van der Waals surface area contributed by atoms with Gasteiger partial charge in [-0.2, -0.15) is 0 Å². The second kappa shape index (κ2) is 4.94. The molecule has 4 heteroatoms. The molecule has 1 aromatic carbocycles. The van der Waals surface area contributed by atoms with Crippen molar-refractivity contribution >= 4 is 11.4 Å². The quantitative estimate of drug-likeness (QED) is 0.757. The van der Waals surface area contributed by atoms with Crippen molar-refractivity contribution in [3.05, 3.63) is 23.8 Å². The number of benzene rings is 1. The molecule has 94 valence electrons. The Bertz CT molecular complexity index is 395. The molecule has 1 aliphatic heterocycles. The summed E-state index contributed by atoms with van der Waals surface area (Å²) in [5.74, 6) is 0. The molecule has 2 rings (SSSR count). The highest BCUT2D eigenvalue weighted by atomic mass is 16.5. The average molecular weight is 236 g/mol. The van der Waals surface area contributed by atoms with E-state index in [9.17, 15) is 5.11 Å². The van der Waals surface area contributed by atoms with Gasteiger partial charge >= 0.3 is 0 Å². The Hall–Kier alpha value is -1.26. The van der Waals surface area contributed by atoms with Gasteiger partial charge in [-0.25, -0.2) is 0 Å². The van der Waals surface area contributed by atoms with Gasteiger partial charge < -0.3 is 20.5 Å². The first-order valence-corrected chi connectivity index (χ1v) is 5.97. The molecule has 1 fully saturated rings. The van der Waals surface area contributed by atoms with E-state index in [4.69, 9.17) is 10.5 Å². The Balaban J connectivity index is 2.27. The molecule has 0 saturated carbocycles. The largest absolute Gasteiger partial charge is 0.398 e. The lowest BCUT2D eigenvalue weighted by atomic mass is 10.1. The minimum Gasteiger partial charge on any atom is -0.398 e. The summed E-state index contributed by atoms with van der Waals surface area (Å²) in [5, 5.41) is 9.19. The predicted molar refractivity (Wildman–Crippen MR) is 69.2 cm³/mol. The molecule has 0 aliphatic carbocycles. The third kappa shape index (κ3) is 2.37. The van der Waals surface area contributed by atoms with E-state index in [0.29, 0.717) is 19.2 Å². The number of ether oxygens (including phenoxy) is 1. The first kappa shape index (κ1) is 12.2. The van der Waals surface area contributed by atoms with Crippen molar-refractivity contribution in [2.75, 3.05) is 30.4 Å². The van der Waals surface area contributed by atoms with Crippen molar-refractivity contribution in [3.63, 3.8) is 0 Å². The Labute approximate surface area is 102 Å². The summed E-state index contributed by atoms with van der Waals surface area (Å²) in [6.07, 6.45) is -0.105. The van der Waals surface area contributed by atoms with Gasteiger partial charge in [-0.1, -0.05) is 6.07 Å². The summed E-state index contributed by atoms with van der Waals surface area (Å²) < 4.78 is 5.54. The van der Waals surface area contributed by atoms with Gasteiger partial charge in [0.1, 0.15) is 0 Å². The van der Waals surface area contributed by atoms with Crippen LogP contribution in [0.25, 0.3) is 0 Å². The van der Waals surface area contributed by atoms with E-state index in [2.05, 4.69) is 17.9 Å². The molecule has 1 aromatic rings. The molecule has 1 aliphatic rings. The van der Waals surface area contributed by atoms with Gasteiger partial charge in [0.15, 0.2) is 0 Å². The minimum atomic E-state index is -0.105. The lowest BCUT2D eigenvalue weighted by Crippen LogP contribution is -2.49. The number of aliphatic hydroxyl groups is 1. The van der Waals surface area contributed by atoms with E-state index in [-0.39, 0.29) is 12.7 Å². The molecule has 1 heterocycles. The maximum absolute atomic E-state index is 9.19. The standard InChI is InChI=1S/C13H20N2O2/c1-9-8-17-11(7-16)6-15(9)13-5-3-4-12(14)10(13)2/h3-5,9,11,16H,6-8,14H2,1-2H3. The van der Waals surface area contributed by atoms with Crippen LogP contribution < -0.4 is 10.6 Å². The number of anilines is 2. The predicted octanol–water partition coefficient (Wildman–Crippen LogP) is 1.16. The van der Waals surface area contributed by atoms with Gasteiger partial charge in [-0.15, -0.1) is 0 Å².